The Hall–Kier alpha value is -2.11. The molecule has 6 heteroatoms. The maximum absolute atomic E-state index is 5.61. The van der Waals surface area contributed by atoms with Gasteiger partial charge < -0.3 is 10.1 Å². The molecule has 20 heavy (non-hydrogen) atoms. The summed E-state index contributed by atoms with van der Waals surface area (Å²) in [5.41, 5.74) is 3.13. The van der Waals surface area contributed by atoms with Crippen LogP contribution >= 0.6 is 0 Å². The van der Waals surface area contributed by atoms with Gasteiger partial charge in [-0.05, 0) is 27.7 Å². The van der Waals surface area contributed by atoms with Crippen molar-refractivity contribution in [2.45, 2.75) is 40.3 Å². The smallest absolute Gasteiger partial charge is 0.226 e. The monoisotopic (exact) mass is 275 g/mol. The second kappa shape index (κ2) is 5.90. The van der Waals surface area contributed by atoms with E-state index >= 15 is 0 Å². The van der Waals surface area contributed by atoms with Gasteiger partial charge in [-0.25, -0.2) is 4.98 Å². The summed E-state index contributed by atoms with van der Waals surface area (Å²) in [6.07, 6.45) is 1.95. The summed E-state index contributed by atoms with van der Waals surface area (Å²) >= 11 is 0. The first kappa shape index (κ1) is 14.3. The zero-order valence-corrected chi connectivity index (χ0v) is 12.6. The number of aromatic nitrogens is 4. The van der Waals surface area contributed by atoms with Gasteiger partial charge in [-0.15, -0.1) is 0 Å². The van der Waals surface area contributed by atoms with Crippen molar-refractivity contribution in [3.05, 3.63) is 29.2 Å². The lowest BCUT2D eigenvalue weighted by atomic mass is 10.2. The van der Waals surface area contributed by atoms with Crippen LogP contribution in [0.15, 0.2) is 12.3 Å². The van der Waals surface area contributed by atoms with E-state index in [0.29, 0.717) is 18.4 Å². The molecule has 108 valence electrons. The van der Waals surface area contributed by atoms with E-state index in [9.17, 15) is 0 Å². The Bertz CT molecular complexity index is 591. The lowest BCUT2D eigenvalue weighted by molar-refractivity contribution is 0.232. The van der Waals surface area contributed by atoms with Crippen LogP contribution < -0.4 is 10.1 Å². The van der Waals surface area contributed by atoms with Gasteiger partial charge in [-0.1, -0.05) is 0 Å². The first-order valence-electron chi connectivity index (χ1n) is 6.69. The Morgan fingerprint density at radius 3 is 2.65 bits per heavy atom. The standard InChI is InChI=1S/C14H21N5O/c1-9(2)20-13-6-10(3)17-14(18-13)15-7-12-8-16-19(5)11(12)4/h6,8-9H,7H2,1-5H3,(H,15,17,18). The van der Waals surface area contributed by atoms with Gasteiger partial charge >= 0.3 is 0 Å². The minimum Gasteiger partial charge on any atom is -0.475 e. The molecule has 2 rings (SSSR count). The van der Waals surface area contributed by atoms with Crippen LogP contribution in [0.4, 0.5) is 5.95 Å². The van der Waals surface area contributed by atoms with E-state index in [1.807, 2.05) is 51.7 Å². The molecule has 0 aliphatic carbocycles. The third-order valence-corrected chi connectivity index (χ3v) is 2.96. The van der Waals surface area contributed by atoms with Gasteiger partial charge in [0.15, 0.2) is 0 Å². The van der Waals surface area contributed by atoms with Crippen molar-refractivity contribution in [1.82, 2.24) is 19.7 Å². The van der Waals surface area contributed by atoms with Gasteiger partial charge in [-0.3, -0.25) is 4.68 Å². The Labute approximate surface area is 119 Å². The minimum absolute atomic E-state index is 0.0951. The lowest BCUT2D eigenvalue weighted by Crippen LogP contribution is -2.10. The first-order valence-corrected chi connectivity index (χ1v) is 6.69. The highest BCUT2D eigenvalue weighted by atomic mass is 16.5. The first-order chi connectivity index (χ1) is 9.45. The summed E-state index contributed by atoms with van der Waals surface area (Å²) in [6, 6.07) is 1.83. The fourth-order valence-corrected chi connectivity index (χ4v) is 1.81. The molecule has 0 saturated carbocycles. The molecular formula is C14H21N5O. The van der Waals surface area contributed by atoms with Crippen molar-refractivity contribution in [1.29, 1.82) is 0 Å². The number of anilines is 1. The minimum atomic E-state index is 0.0951. The van der Waals surface area contributed by atoms with E-state index in [1.165, 1.54) is 0 Å². The van der Waals surface area contributed by atoms with E-state index in [4.69, 9.17) is 4.74 Å². The van der Waals surface area contributed by atoms with Crippen LogP contribution in [-0.4, -0.2) is 25.9 Å². The van der Waals surface area contributed by atoms with E-state index in [1.54, 1.807) is 0 Å². The molecule has 0 unspecified atom stereocenters. The Morgan fingerprint density at radius 2 is 2.05 bits per heavy atom. The molecule has 0 aliphatic rings. The van der Waals surface area contributed by atoms with Crippen LogP contribution in [0.25, 0.3) is 0 Å². The summed E-state index contributed by atoms with van der Waals surface area (Å²) < 4.78 is 7.46. The molecule has 0 spiro atoms. The van der Waals surface area contributed by atoms with Crippen LogP contribution in [0.2, 0.25) is 0 Å². The normalized spacial score (nSPS) is 10.9. The molecule has 0 bridgehead atoms. The van der Waals surface area contributed by atoms with E-state index in [0.717, 1.165) is 17.0 Å². The van der Waals surface area contributed by atoms with Gasteiger partial charge in [0, 0.05) is 36.6 Å². The zero-order chi connectivity index (χ0) is 14.7. The van der Waals surface area contributed by atoms with Gasteiger partial charge in [0.1, 0.15) is 0 Å². The second-order valence-corrected chi connectivity index (χ2v) is 5.07. The highest BCUT2D eigenvalue weighted by Crippen LogP contribution is 2.15. The predicted octanol–water partition coefficient (Wildman–Crippen LogP) is 2.23. The highest BCUT2D eigenvalue weighted by Gasteiger charge is 2.07. The molecule has 0 aromatic carbocycles. The van der Waals surface area contributed by atoms with E-state index < -0.39 is 0 Å². The highest BCUT2D eigenvalue weighted by molar-refractivity contribution is 5.32. The number of hydrogen-bond acceptors (Lipinski definition) is 5. The third-order valence-electron chi connectivity index (χ3n) is 2.96. The molecular weight excluding hydrogens is 254 g/mol. The van der Waals surface area contributed by atoms with Crippen molar-refractivity contribution >= 4 is 5.95 Å². The molecule has 0 amide bonds. The summed E-state index contributed by atoms with van der Waals surface area (Å²) in [5.74, 6) is 1.17. The topological polar surface area (TPSA) is 64.9 Å². The number of nitrogens with one attached hydrogen (secondary N) is 1. The van der Waals surface area contributed by atoms with Gasteiger partial charge in [0.05, 0.1) is 12.3 Å². The molecule has 2 heterocycles. The van der Waals surface area contributed by atoms with Crippen LogP contribution in [0.5, 0.6) is 5.88 Å². The summed E-state index contributed by atoms with van der Waals surface area (Å²) in [4.78, 5) is 8.72. The Morgan fingerprint density at radius 1 is 1.30 bits per heavy atom. The predicted molar refractivity (Wildman–Crippen MR) is 77.8 cm³/mol. The Balaban J connectivity index is 2.09. The van der Waals surface area contributed by atoms with Crippen LogP contribution in [-0.2, 0) is 13.6 Å². The fourth-order valence-electron chi connectivity index (χ4n) is 1.81. The molecule has 6 nitrogen and oxygen atoms in total. The molecule has 0 fully saturated rings. The number of nitrogens with zero attached hydrogens (tertiary/aromatic N) is 4. The lowest BCUT2D eigenvalue weighted by Gasteiger charge is -2.11. The molecule has 0 aliphatic heterocycles. The molecule has 0 atom stereocenters. The number of aryl methyl sites for hydroxylation is 2. The maximum Gasteiger partial charge on any atom is 0.226 e. The average Bonchev–Trinajstić information content (AvgIpc) is 2.66. The van der Waals surface area contributed by atoms with Crippen molar-refractivity contribution in [2.24, 2.45) is 7.05 Å². The van der Waals surface area contributed by atoms with Crippen LogP contribution in [0.3, 0.4) is 0 Å². The fraction of sp³-hybridized carbons (Fsp3) is 0.500. The van der Waals surface area contributed by atoms with Gasteiger partial charge in [0.25, 0.3) is 0 Å². The molecule has 1 N–H and O–H groups in total. The van der Waals surface area contributed by atoms with E-state index in [-0.39, 0.29) is 6.10 Å². The largest absolute Gasteiger partial charge is 0.475 e. The zero-order valence-electron chi connectivity index (χ0n) is 12.6. The van der Waals surface area contributed by atoms with E-state index in [2.05, 4.69) is 20.4 Å². The average molecular weight is 275 g/mol. The number of rotatable bonds is 5. The second-order valence-electron chi connectivity index (χ2n) is 5.07. The number of ether oxygens (including phenoxy) is 1. The quantitative estimate of drug-likeness (QED) is 0.906. The summed E-state index contributed by atoms with van der Waals surface area (Å²) in [6.45, 7) is 8.56. The van der Waals surface area contributed by atoms with Crippen molar-refractivity contribution in [2.75, 3.05) is 5.32 Å². The van der Waals surface area contributed by atoms with Crippen molar-refractivity contribution < 1.29 is 4.74 Å². The van der Waals surface area contributed by atoms with Crippen molar-refractivity contribution in [3.63, 3.8) is 0 Å². The van der Waals surface area contributed by atoms with Gasteiger partial charge in [-0.2, -0.15) is 10.1 Å². The molecule has 0 radical (unpaired) electrons. The van der Waals surface area contributed by atoms with Crippen LogP contribution in [0, 0.1) is 13.8 Å². The molecule has 2 aromatic rings. The SMILES string of the molecule is Cc1cc(OC(C)C)nc(NCc2cnn(C)c2C)n1. The summed E-state index contributed by atoms with van der Waals surface area (Å²) in [5, 5.41) is 7.43. The number of hydrogen-bond donors (Lipinski definition) is 1. The summed E-state index contributed by atoms with van der Waals surface area (Å²) in [7, 11) is 1.93. The van der Waals surface area contributed by atoms with Crippen LogP contribution in [0.1, 0.15) is 30.8 Å². The Kier molecular flexibility index (Phi) is 4.22. The molecule has 2 aromatic heterocycles. The third kappa shape index (κ3) is 3.46. The molecule has 0 saturated heterocycles. The maximum atomic E-state index is 5.61. The van der Waals surface area contributed by atoms with Gasteiger partial charge in [0.2, 0.25) is 11.8 Å². The van der Waals surface area contributed by atoms with Crippen molar-refractivity contribution in [3.8, 4) is 5.88 Å².